The van der Waals surface area contributed by atoms with Gasteiger partial charge in [-0.2, -0.15) is 0 Å². The van der Waals surface area contributed by atoms with E-state index in [-0.39, 0.29) is 11.8 Å². The number of amides is 2. The minimum absolute atomic E-state index is 0.137. The molecule has 0 bridgehead atoms. The Morgan fingerprint density at radius 2 is 1.81 bits per heavy atom. The molecule has 7 nitrogen and oxygen atoms in total. The van der Waals surface area contributed by atoms with Crippen LogP contribution in [-0.4, -0.2) is 22.0 Å². The van der Waals surface area contributed by atoms with E-state index in [0.29, 0.717) is 29.8 Å². The molecular formula is C20H20N4O3. The van der Waals surface area contributed by atoms with Crippen molar-refractivity contribution in [3.8, 4) is 0 Å². The Labute approximate surface area is 156 Å². The first-order valence-electron chi connectivity index (χ1n) is 8.56. The highest BCUT2D eigenvalue weighted by molar-refractivity contribution is 6.05. The molecule has 0 aliphatic rings. The summed E-state index contributed by atoms with van der Waals surface area (Å²) in [5, 5.41) is 9.50. The molecule has 3 rings (SSSR count). The van der Waals surface area contributed by atoms with Gasteiger partial charge < -0.3 is 15.2 Å². The van der Waals surface area contributed by atoms with Gasteiger partial charge in [-0.25, -0.2) is 0 Å². The molecule has 0 saturated carbocycles. The Morgan fingerprint density at radius 1 is 1.04 bits per heavy atom. The first-order chi connectivity index (χ1) is 13.0. The predicted molar refractivity (Wildman–Crippen MR) is 102 cm³/mol. The molecule has 2 N–H and O–H groups in total. The Hall–Kier alpha value is -3.48. The van der Waals surface area contributed by atoms with Gasteiger partial charge >= 0.3 is 0 Å². The van der Waals surface area contributed by atoms with Gasteiger partial charge in [0.2, 0.25) is 5.91 Å². The van der Waals surface area contributed by atoms with Gasteiger partial charge in [-0.15, -0.1) is 0 Å². The van der Waals surface area contributed by atoms with Gasteiger partial charge in [-0.3, -0.25) is 14.6 Å². The third-order valence-electron chi connectivity index (χ3n) is 4.13. The van der Waals surface area contributed by atoms with Crippen LogP contribution in [0.5, 0.6) is 0 Å². The van der Waals surface area contributed by atoms with E-state index in [2.05, 4.69) is 20.8 Å². The average molecular weight is 364 g/mol. The molecule has 27 heavy (non-hydrogen) atoms. The van der Waals surface area contributed by atoms with E-state index in [1.807, 2.05) is 13.8 Å². The quantitative estimate of drug-likeness (QED) is 0.698. The minimum atomic E-state index is -0.256. The fourth-order valence-corrected chi connectivity index (χ4v) is 2.70. The van der Waals surface area contributed by atoms with Gasteiger partial charge in [0, 0.05) is 41.3 Å². The summed E-state index contributed by atoms with van der Waals surface area (Å²) in [6.45, 7) is 3.69. The molecule has 0 aliphatic heterocycles. The standard InChI is InChI=1S/C20H20N4O3/c1-13-18(14(2)27-24-13)6-7-19(25)22-17-5-3-4-15(12-17)20(26)23-16-8-10-21-11-9-16/h3-5,8-12H,6-7H2,1-2H3,(H,22,25)(H,21,23,26). The first kappa shape index (κ1) is 18.3. The van der Waals surface area contributed by atoms with E-state index in [1.165, 1.54) is 0 Å². The van der Waals surface area contributed by atoms with Crippen LogP contribution in [0.4, 0.5) is 11.4 Å². The maximum Gasteiger partial charge on any atom is 0.255 e. The van der Waals surface area contributed by atoms with Gasteiger partial charge in [0.15, 0.2) is 0 Å². The van der Waals surface area contributed by atoms with E-state index in [0.717, 1.165) is 17.0 Å². The van der Waals surface area contributed by atoms with Crippen LogP contribution >= 0.6 is 0 Å². The summed E-state index contributed by atoms with van der Waals surface area (Å²) in [5.74, 6) is 0.338. The summed E-state index contributed by atoms with van der Waals surface area (Å²) >= 11 is 0. The molecule has 0 unspecified atom stereocenters. The monoisotopic (exact) mass is 364 g/mol. The molecule has 0 fully saturated rings. The average Bonchev–Trinajstić information content (AvgIpc) is 2.99. The molecule has 2 heterocycles. The number of anilines is 2. The highest BCUT2D eigenvalue weighted by Crippen LogP contribution is 2.16. The Balaban J connectivity index is 1.60. The molecule has 3 aromatic rings. The van der Waals surface area contributed by atoms with Gasteiger partial charge in [0.1, 0.15) is 5.76 Å². The zero-order chi connectivity index (χ0) is 19.2. The van der Waals surface area contributed by atoms with Gasteiger partial charge in [-0.05, 0) is 50.6 Å². The smallest absolute Gasteiger partial charge is 0.255 e. The first-order valence-corrected chi connectivity index (χ1v) is 8.56. The molecule has 2 amide bonds. The second-order valence-corrected chi connectivity index (χ2v) is 6.12. The number of hydrogen-bond donors (Lipinski definition) is 2. The van der Waals surface area contributed by atoms with Crippen molar-refractivity contribution >= 4 is 23.2 Å². The number of carbonyl (C=O) groups is 2. The van der Waals surface area contributed by atoms with Crippen molar-refractivity contribution in [1.29, 1.82) is 0 Å². The maximum atomic E-state index is 12.3. The van der Waals surface area contributed by atoms with Crippen LogP contribution in [0.25, 0.3) is 0 Å². The van der Waals surface area contributed by atoms with Crippen molar-refractivity contribution in [3.05, 3.63) is 71.4 Å². The predicted octanol–water partition coefficient (Wildman–Crippen LogP) is 3.51. The van der Waals surface area contributed by atoms with E-state index in [4.69, 9.17) is 4.52 Å². The third-order valence-corrected chi connectivity index (χ3v) is 4.13. The lowest BCUT2D eigenvalue weighted by Crippen LogP contribution is -2.15. The highest BCUT2D eigenvalue weighted by atomic mass is 16.5. The largest absolute Gasteiger partial charge is 0.361 e. The van der Waals surface area contributed by atoms with Crippen LogP contribution in [0.3, 0.4) is 0 Å². The number of pyridine rings is 1. The SMILES string of the molecule is Cc1noc(C)c1CCC(=O)Nc1cccc(C(=O)Nc2ccncc2)c1. The van der Waals surface area contributed by atoms with Crippen molar-refractivity contribution in [3.63, 3.8) is 0 Å². The van der Waals surface area contributed by atoms with Crippen molar-refractivity contribution in [2.45, 2.75) is 26.7 Å². The normalized spacial score (nSPS) is 10.4. The van der Waals surface area contributed by atoms with Gasteiger partial charge in [-0.1, -0.05) is 11.2 Å². The molecule has 0 radical (unpaired) electrons. The zero-order valence-corrected chi connectivity index (χ0v) is 15.2. The minimum Gasteiger partial charge on any atom is -0.361 e. The summed E-state index contributed by atoms with van der Waals surface area (Å²) in [4.78, 5) is 28.5. The van der Waals surface area contributed by atoms with E-state index >= 15 is 0 Å². The van der Waals surface area contributed by atoms with Crippen LogP contribution in [-0.2, 0) is 11.2 Å². The number of nitrogens with one attached hydrogen (secondary N) is 2. The molecule has 138 valence electrons. The lowest BCUT2D eigenvalue weighted by molar-refractivity contribution is -0.116. The number of aryl methyl sites for hydroxylation is 2. The van der Waals surface area contributed by atoms with Crippen LogP contribution in [0.2, 0.25) is 0 Å². The third kappa shape index (κ3) is 4.78. The molecule has 2 aromatic heterocycles. The molecule has 0 saturated heterocycles. The van der Waals surface area contributed by atoms with Crippen molar-refractivity contribution in [1.82, 2.24) is 10.1 Å². The maximum absolute atomic E-state index is 12.3. The Kier molecular flexibility index (Phi) is 5.61. The number of nitrogens with zero attached hydrogens (tertiary/aromatic N) is 2. The fraction of sp³-hybridized carbons (Fsp3) is 0.200. The van der Waals surface area contributed by atoms with E-state index in [1.54, 1.807) is 48.8 Å². The molecule has 1 aromatic carbocycles. The van der Waals surface area contributed by atoms with Crippen molar-refractivity contribution in [2.24, 2.45) is 0 Å². The van der Waals surface area contributed by atoms with Gasteiger partial charge in [0.25, 0.3) is 5.91 Å². The van der Waals surface area contributed by atoms with Crippen molar-refractivity contribution < 1.29 is 14.1 Å². The highest BCUT2D eigenvalue weighted by Gasteiger charge is 2.12. The summed E-state index contributed by atoms with van der Waals surface area (Å²) in [6.07, 6.45) is 4.06. The second kappa shape index (κ2) is 8.27. The molecule has 7 heteroatoms. The van der Waals surface area contributed by atoms with Crippen LogP contribution in [0.15, 0.2) is 53.3 Å². The fourth-order valence-electron chi connectivity index (χ4n) is 2.70. The second-order valence-electron chi connectivity index (χ2n) is 6.12. The number of rotatable bonds is 6. The number of carbonyl (C=O) groups excluding carboxylic acids is 2. The van der Waals surface area contributed by atoms with Crippen LogP contribution in [0, 0.1) is 13.8 Å². The summed E-state index contributed by atoms with van der Waals surface area (Å²) in [6, 6.07) is 10.2. The topological polar surface area (TPSA) is 97.1 Å². The van der Waals surface area contributed by atoms with E-state index < -0.39 is 0 Å². The number of aromatic nitrogens is 2. The van der Waals surface area contributed by atoms with Crippen LogP contribution in [0.1, 0.15) is 33.8 Å². The van der Waals surface area contributed by atoms with Crippen LogP contribution < -0.4 is 10.6 Å². The summed E-state index contributed by atoms with van der Waals surface area (Å²) in [5.41, 5.74) is 3.44. The molecule has 0 spiro atoms. The lowest BCUT2D eigenvalue weighted by atomic mass is 10.1. The molecule has 0 aliphatic carbocycles. The lowest BCUT2D eigenvalue weighted by Gasteiger charge is -2.08. The summed E-state index contributed by atoms with van der Waals surface area (Å²) < 4.78 is 5.11. The Bertz CT molecular complexity index is 931. The number of hydrogen-bond acceptors (Lipinski definition) is 5. The Morgan fingerprint density at radius 3 is 2.52 bits per heavy atom. The zero-order valence-electron chi connectivity index (χ0n) is 15.2. The molecule has 0 atom stereocenters. The number of benzene rings is 1. The molecular weight excluding hydrogens is 344 g/mol. The van der Waals surface area contributed by atoms with Crippen molar-refractivity contribution in [2.75, 3.05) is 10.6 Å². The van der Waals surface area contributed by atoms with E-state index in [9.17, 15) is 9.59 Å². The van der Waals surface area contributed by atoms with Gasteiger partial charge in [0.05, 0.1) is 5.69 Å². The summed E-state index contributed by atoms with van der Waals surface area (Å²) in [7, 11) is 0.